The van der Waals surface area contributed by atoms with E-state index in [0.29, 0.717) is 12.5 Å². The first kappa shape index (κ1) is 22.6. The minimum Gasteiger partial charge on any atom is -0.353 e. The van der Waals surface area contributed by atoms with Gasteiger partial charge in [0.1, 0.15) is 0 Å². The third-order valence-corrected chi connectivity index (χ3v) is 6.69. The number of rotatable bonds is 7. The number of nitrogens with one attached hydrogen (secondary N) is 2. The third kappa shape index (κ3) is 5.67. The predicted molar refractivity (Wildman–Crippen MR) is 114 cm³/mol. The number of nitrogens with two attached hydrogens (primary N) is 1. The Balaban J connectivity index is 0.00000280. The lowest BCUT2D eigenvalue weighted by Gasteiger charge is -2.31. The van der Waals surface area contributed by atoms with Crippen LogP contribution in [0, 0.1) is 5.92 Å². The van der Waals surface area contributed by atoms with Crippen LogP contribution < -0.4 is 15.8 Å². The maximum absolute atomic E-state index is 12.5. The molecule has 1 aliphatic carbocycles. The number of hydrogen-bond donors (Lipinski definition) is 3. The Labute approximate surface area is 172 Å². The summed E-state index contributed by atoms with van der Waals surface area (Å²) in [4.78, 5) is 12.4. The Morgan fingerprint density at radius 1 is 1.07 bits per heavy atom. The Morgan fingerprint density at radius 2 is 1.79 bits per heavy atom. The first-order valence-corrected chi connectivity index (χ1v) is 11.0. The predicted octanol–water partition coefficient (Wildman–Crippen LogP) is 2.56. The first-order valence-electron chi connectivity index (χ1n) is 9.47. The van der Waals surface area contributed by atoms with Gasteiger partial charge in [-0.1, -0.05) is 43.2 Å². The molecule has 1 aliphatic rings. The zero-order chi connectivity index (χ0) is 19.3. The highest BCUT2D eigenvalue weighted by Crippen LogP contribution is 2.23. The highest BCUT2D eigenvalue weighted by molar-refractivity contribution is 7.89. The van der Waals surface area contributed by atoms with Crippen LogP contribution in [0.1, 0.15) is 32.1 Å². The molecule has 154 valence electrons. The number of carbonyl (C=O) groups is 1. The molecule has 1 saturated carbocycles. The largest absolute Gasteiger partial charge is 0.353 e. The standard InChI is InChI=1S/C20H27N3O3S.ClH/c21-14-17-7-3-4-8-19(17)23-20(24)11-12-22-27(25,26)18-10-9-15-5-1-2-6-16(15)13-18;/h1-2,5-6,9-10,13,17,19,22H,3-4,7-8,11-12,14,21H2,(H,23,24);1H. The Bertz CT molecular complexity index is 904. The number of amides is 1. The number of benzene rings is 2. The molecular weight excluding hydrogens is 398 g/mol. The summed E-state index contributed by atoms with van der Waals surface area (Å²) < 4.78 is 27.5. The molecule has 0 aliphatic heterocycles. The summed E-state index contributed by atoms with van der Waals surface area (Å²) in [6, 6.07) is 12.7. The van der Waals surface area contributed by atoms with Gasteiger partial charge in [0, 0.05) is 19.0 Å². The first-order chi connectivity index (χ1) is 13.0. The van der Waals surface area contributed by atoms with Gasteiger partial charge in [-0.2, -0.15) is 0 Å². The van der Waals surface area contributed by atoms with Gasteiger partial charge in [0.25, 0.3) is 0 Å². The molecule has 8 heteroatoms. The molecule has 3 rings (SSSR count). The number of fused-ring (bicyclic) bond motifs is 1. The van der Waals surface area contributed by atoms with Crippen LogP contribution in [0.2, 0.25) is 0 Å². The lowest BCUT2D eigenvalue weighted by molar-refractivity contribution is -0.122. The van der Waals surface area contributed by atoms with Gasteiger partial charge in [0.15, 0.2) is 0 Å². The summed E-state index contributed by atoms with van der Waals surface area (Å²) in [6.45, 7) is 0.639. The fourth-order valence-electron chi connectivity index (χ4n) is 3.68. The Morgan fingerprint density at radius 3 is 2.54 bits per heavy atom. The maximum Gasteiger partial charge on any atom is 0.240 e. The van der Waals surface area contributed by atoms with Gasteiger partial charge in [-0.25, -0.2) is 13.1 Å². The maximum atomic E-state index is 12.5. The van der Waals surface area contributed by atoms with Gasteiger partial charge >= 0.3 is 0 Å². The summed E-state index contributed by atoms with van der Waals surface area (Å²) in [5.74, 6) is 0.179. The van der Waals surface area contributed by atoms with Crippen LogP contribution in [0.5, 0.6) is 0 Å². The quantitative estimate of drug-likeness (QED) is 0.634. The average Bonchev–Trinajstić information content (AvgIpc) is 2.68. The van der Waals surface area contributed by atoms with E-state index in [1.807, 2.05) is 24.3 Å². The van der Waals surface area contributed by atoms with Crippen LogP contribution >= 0.6 is 12.4 Å². The highest BCUT2D eigenvalue weighted by Gasteiger charge is 2.25. The van der Waals surface area contributed by atoms with Gasteiger partial charge in [0.05, 0.1) is 4.90 Å². The molecule has 2 atom stereocenters. The highest BCUT2D eigenvalue weighted by atomic mass is 35.5. The molecule has 1 amide bonds. The molecule has 2 aromatic rings. The molecule has 2 unspecified atom stereocenters. The molecule has 0 aromatic heterocycles. The molecular formula is C20H28ClN3O3S. The summed E-state index contributed by atoms with van der Waals surface area (Å²) >= 11 is 0. The lowest BCUT2D eigenvalue weighted by Crippen LogP contribution is -2.45. The number of carbonyl (C=O) groups excluding carboxylic acids is 1. The van der Waals surface area contributed by atoms with Gasteiger partial charge in [-0.05, 0) is 48.2 Å². The summed E-state index contributed by atoms with van der Waals surface area (Å²) in [7, 11) is -3.65. The summed E-state index contributed by atoms with van der Waals surface area (Å²) in [5, 5.41) is 4.86. The van der Waals surface area contributed by atoms with E-state index in [-0.39, 0.29) is 42.2 Å². The molecule has 0 spiro atoms. The van der Waals surface area contributed by atoms with Crippen LogP contribution in [0.4, 0.5) is 0 Å². The monoisotopic (exact) mass is 425 g/mol. The van der Waals surface area contributed by atoms with Crippen molar-refractivity contribution >= 4 is 39.1 Å². The molecule has 0 bridgehead atoms. The van der Waals surface area contributed by atoms with Crippen LogP contribution in [-0.2, 0) is 14.8 Å². The van der Waals surface area contributed by atoms with Crippen molar-refractivity contribution in [1.29, 1.82) is 0 Å². The summed E-state index contributed by atoms with van der Waals surface area (Å²) in [6.07, 6.45) is 4.34. The van der Waals surface area contributed by atoms with Crippen LogP contribution in [0.15, 0.2) is 47.4 Å². The fraction of sp³-hybridized carbons (Fsp3) is 0.450. The van der Waals surface area contributed by atoms with E-state index in [0.717, 1.165) is 36.5 Å². The van der Waals surface area contributed by atoms with Gasteiger partial charge < -0.3 is 11.1 Å². The SMILES string of the molecule is Cl.NCC1CCCCC1NC(=O)CCNS(=O)(=O)c1ccc2ccccc2c1. The van der Waals surface area contributed by atoms with Crippen molar-refractivity contribution in [3.05, 3.63) is 42.5 Å². The van der Waals surface area contributed by atoms with Gasteiger partial charge in [-0.15, -0.1) is 12.4 Å². The van der Waals surface area contributed by atoms with Crippen molar-refractivity contribution in [1.82, 2.24) is 10.0 Å². The van der Waals surface area contributed by atoms with Crippen molar-refractivity contribution in [3.63, 3.8) is 0 Å². The fourth-order valence-corrected chi connectivity index (χ4v) is 4.74. The van der Waals surface area contributed by atoms with Crippen LogP contribution in [0.3, 0.4) is 0 Å². The Kier molecular flexibility index (Phi) is 8.24. The topological polar surface area (TPSA) is 101 Å². The van der Waals surface area contributed by atoms with E-state index in [4.69, 9.17) is 5.73 Å². The van der Waals surface area contributed by atoms with E-state index in [2.05, 4.69) is 10.0 Å². The van der Waals surface area contributed by atoms with E-state index < -0.39 is 10.0 Å². The number of halogens is 1. The van der Waals surface area contributed by atoms with E-state index in [1.54, 1.807) is 18.2 Å². The lowest BCUT2D eigenvalue weighted by atomic mass is 9.84. The van der Waals surface area contributed by atoms with Crippen molar-refractivity contribution < 1.29 is 13.2 Å². The van der Waals surface area contributed by atoms with E-state index in [1.165, 1.54) is 0 Å². The van der Waals surface area contributed by atoms with Crippen LogP contribution in [-0.4, -0.2) is 33.5 Å². The second-order valence-electron chi connectivity index (χ2n) is 7.11. The van der Waals surface area contributed by atoms with Crippen LogP contribution in [0.25, 0.3) is 10.8 Å². The van der Waals surface area contributed by atoms with Crippen molar-refractivity contribution in [3.8, 4) is 0 Å². The average molecular weight is 426 g/mol. The molecule has 0 radical (unpaired) electrons. The van der Waals surface area contributed by atoms with E-state index >= 15 is 0 Å². The van der Waals surface area contributed by atoms with Crippen molar-refractivity contribution in [2.75, 3.05) is 13.1 Å². The third-order valence-electron chi connectivity index (χ3n) is 5.23. The van der Waals surface area contributed by atoms with Crippen molar-refractivity contribution in [2.24, 2.45) is 11.7 Å². The normalized spacial score (nSPS) is 19.8. The molecule has 0 saturated heterocycles. The molecule has 1 fully saturated rings. The second-order valence-corrected chi connectivity index (χ2v) is 8.88. The molecule has 2 aromatic carbocycles. The summed E-state index contributed by atoms with van der Waals surface area (Å²) in [5.41, 5.74) is 5.79. The zero-order valence-electron chi connectivity index (χ0n) is 15.8. The van der Waals surface area contributed by atoms with Crippen molar-refractivity contribution in [2.45, 2.75) is 43.0 Å². The van der Waals surface area contributed by atoms with E-state index in [9.17, 15) is 13.2 Å². The van der Waals surface area contributed by atoms with Gasteiger partial charge in [-0.3, -0.25) is 4.79 Å². The minimum atomic E-state index is -3.65. The minimum absolute atomic E-state index is 0. The zero-order valence-corrected chi connectivity index (χ0v) is 17.4. The second kappa shape index (κ2) is 10.2. The molecule has 4 N–H and O–H groups in total. The Hall–Kier alpha value is -1.67. The smallest absolute Gasteiger partial charge is 0.240 e. The number of sulfonamides is 1. The molecule has 28 heavy (non-hydrogen) atoms. The van der Waals surface area contributed by atoms with Gasteiger partial charge in [0.2, 0.25) is 15.9 Å². The molecule has 0 heterocycles. The molecule has 6 nitrogen and oxygen atoms in total. The number of hydrogen-bond acceptors (Lipinski definition) is 4.